The van der Waals surface area contributed by atoms with Gasteiger partial charge in [0.25, 0.3) is 0 Å². The van der Waals surface area contributed by atoms with Crippen LogP contribution in [-0.2, 0) is 9.59 Å². The van der Waals surface area contributed by atoms with Crippen molar-refractivity contribution in [2.75, 3.05) is 14.2 Å². The van der Waals surface area contributed by atoms with Crippen LogP contribution in [0.2, 0.25) is 0 Å². The van der Waals surface area contributed by atoms with Gasteiger partial charge in [-0.05, 0) is 6.07 Å². The lowest BCUT2D eigenvalue weighted by Gasteiger charge is -2.13. The lowest BCUT2D eigenvalue weighted by molar-refractivity contribution is -0.137. The van der Waals surface area contributed by atoms with Gasteiger partial charge in [0.15, 0.2) is 11.6 Å². The van der Waals surface area contributed by atoms with Gasteiger partial charge in [0, 0.05) is 19.0 Å². The summed E-state index contributed by atoms with van der Waals surface area (Å²) < 4.78 is 18.4. The predicted octanol–water partition coefficient (Wildman–Crippen LogP) is 1.31. The molecule has 0 spiro atoms. The molecular formula is C12H12FNO3. The quantitative estimate of drug-likeness (QED) is 0.728. The minimum Gasteiger partial charge on any atom is -0.493 e. The Morgan fingerprint density at radius 2 is 2.12 bits per heavy atom. The molecule has 1 heterocycles. The number of ether oxygens (including phenoxy) is 1. The van der Waals surface area contributed by atoms with E-state index >= 15 is 0 Å². The molecule has 1 fully saturated rings. The number of likely N-dealkylation sites (N-methyl/N-ethyl adjacent to an activating group) is 1. The molecule has 4 nitrogen and oxygen atoms in total. The molecule has 1 saturated heterocycles. The van der Waals surface area contributed by atoms with Crippen LogP contribution in [0.4, 0.5) is 4.39 Å². The summed E-state index contributed by atoms with van der Waals surface area (Å²) in [6, 6.07) is 4.37. The van der Waals surface area contributed by atoms with Gasteiger partial charge in [0.1, 0.15) is 0 Å². The van der Waals surface area contributed by atoms with Crippen LogP contribution < -0.4 is 4.74 Å². The fourth-order valence-electron chi connectivity index (χ4n) is 2.01. The van der Waals surface area contributed by atoms with Crippen LogP contribution in [-0.4, -0.2) is 30.9 Å². The van der Waals surface area contributed by atoms with Gasteiger partial charge in [-0.1, -0.05) is 12.1 Å². The first-order valence-corrected chi connectivity index (χ1v) is 5.19. The summed E-state index contributed by atoms with van der Waals surface area (Å²) in [4.78, 5) is 24.3. The maximum atomic E-state index is 13.5. The molecule has 1 unspecified atom stereocenters. The first-order valence-electron chi connectivity index (χ1n) is 5.19. The Morgan fingerprint density at radius 1 is 1.41 bits per heavy atom. The van der Waals surface area contributed by atoms with Crippen LogP contribution in [0.1, 0.15) is 17.9 Å². The zero-order valence-corrected chi connectivity index (χ0v) is 9.57. The van der Waals surface area contributed by atoms with E-state index in [9.17, 15) is 14.0 Å². The number of carbonyl (C=O) groups excluding carboxylic acids is 2. The van der Waals surface area contributed by atoms with Gasteiger partial charge in [-0.25, -0.2) is 4.39 Å². The van der Waals surface area contributed by atoms with Gasteiger partial charge >= 0.3 is 0 Å². The summed E-state index contributed by atoms with van der Waals surface area (Å²) in [6.45, 7) is 0. The largest absolute Gasteiger partial charge is 0.493 e. The molecule has 0 saturated carbocycles. The molecule has 0 aromatic heterocycles. The third-order valence-electron chi connectivity index (χ3n) is 2.96. The van der Waals surface area contributed by atoms with Crippen LogP contribution in [0, 0.1) is 5.82 Å². The molecular weight excluding hydrogens is 225 g/mol. The number of rotatable bonds is 2. The van der Waals surface area contributed by atoms with Crippen molar-refractivity contribution in [3.05, 3.63) is 29.6 Å². The van der Waals surface area contributed by atoms with Crippen LogP contribution in [0.5, 0.6) is 5.75 Å². The molecule has 1 atom stereocenters. The maximum Gasteiger partial charge on any atom is 0.237 e. The smallest absolute Gasteiger partial charge is 0.237 e. The van der Waals surface area contributed by atoms with E-state index in [-0.39, 0.29) is 24.0 Å². The fraction of sp³-hybridized carbons (Fsp3) is 0.333. The second kappa shape index (κ2) is 4.16. The number of nitrogens with zero attached hydrogens (tertiary/aromatic N) is 1. The topological polar surface area (TPSA) is 46.6 Å². The zero-order chi connectivity index (χ0) is 12.6. The molecule has 1 aromatic carbocycles. The number of likely N-dealkylation sites (tertiary alicyclic amines) is 1. The number of methoxy groups -OCH3 is 1. The van der Waals surface area contributed by atoms with E-state index in [1.54, 1.807) is 6.07 Å². The highest BCUT2D eigenvalue weighted by molar-refractivity contribution is 6.06. The van der Waals surface area contributed by atoms with Crippen molar-refractivity contribution < 1.29 is 18.7 Å². The third kappa shape index (κ3) is 1.77. The molecule has 1 aromatic rings. The number of carbonyl (C=O) groups is 2. The molecule has 5 heteroatoms. The molecule has 0 radical (unpaired) electrons. The van der Waals surface area contributed by atoms with Crippen molar-refractivity contribution in [2.45, 2.75) is 12.3 Å². The number of halogens is 1. The van der Waals surface area contributed by atoms with E-state index in [1.165, 1.54) is 26.3 Å². The fourth-order valence-corrected chi connectivity index (χ4v) is 2.01. The number of imide groups is 1. The van der Waals surface area contributed by atoms with Gasteiger partial charge in [0.2, 0.25) is 11.8 Å². The minimum atomic E-state index is -0.641. The Hall–Kier alpha value is -1.91. The lowest BCUT2D eigenvalue weighted by Crippen LogP contribution is -2.25. The first-order chi connectivity index (χ1) is 8.06. The molecule has 90 valence electrons. The van der Waals surface area contributed by atoms with Gasteiger partial charge in [-0.15, -0.1) is 0 Å². The van der Waals surface area contributed by atoms with Gasteiger partial charge in [-0.3, -0.25) is 14.5 Å². The molecule has 0 aliphatic carbocycles. The van der Waals surface area contributed by atoms with Crippen molar-refractivity contribution in [3.63, 3.8) is 0 Å². The average molecular weight is 237 g/mol. The number of benzene rings is 1. The molecule has 1 aliphatic heterocycles. The Bertz CT molecular complexity index is 487. The highest BCUT2D eigenvalue weighted by atomic mass is 19.1. The van der Waals surface area contributed by atoms with E-state index in [2.05, 4.69) is 0 Å². The van der Waals surface area contributed by atoms with E-state index in [0.29, 0.717) is 5.56 Å². The van der Waals surface area contributed by atoms with E-state index in [0.717, 1.165) is 4.90 Å². The summed E-state index contributed by atoms with van der Waals surface area (Å²) in [5.41, 5.74) is 0.426. The number of para-hydroxylation sites is 1. The Balaban J connectivity index is 2.45. The van der Waals surface area contributed by atoms with E-state index in [1.807, 2.05) is 0 Å². The van der Waals surface area contributed by atoms with Crippen molar-refractivity contribution >= 4 is 11.8 Å². The van der Waals surface area contributed by atoms with Crippen LogP contribution in [0.25, 0.3) is 0 Å². The van der Waals surface area contributed by atoms with E-state index in [4.69, 9.17) is 4.74 Å². The monoisotopic (exact) mass is 237 g/mol. The zero-order valence-electron chi connectivity index (χ0n) is 9.57. The van der Waals surface area contributed by atoms with Gasteiger partial charge < -0.3 is 4.74 Å². The Kier molecular flexibility index (Phi) is 2.83. The SMILES string of the molecule is COc1c(F)cccc1C1CC(=O)N(C)C1=O. The van der Waals surface area contributed by atoms with Crippen LogP contribution >= 0.6 is 0 Å². The van der Waals surface area contributed by atoms with Crippen LogP contribution in [0.15, 0.2) is 18.2 Å². The minimum absolute atomic E-state index is 0.0361. The molecule has 2 amide bonds. The Labute approximate surface area is 98.0 Å². The summed E-state index contributed by atoms with van der Waals surface area (Å²) in [7, 11) is 2.77. The highest BCUT2D eigenvalue weighted by Crippen LogP contribution is 2.35. The molecule has 17 heavy (non-hydrogen) atoms. The highest BCUT2D eigenvalue weighted by Gasteiger charge is 2.38. The second-order valence-electron chi connectivity index (χ2n) is 3.91. The summed E-state index contributed by atoms with van der Waals surface area (Å²) >= 11 is 0. The van der Waals surface area contributed by atoms with Gasteiger partial charge in [0.05, 0.1) is 13.0 Å². The molecule has 0 N–H and O–H groups in total. The number of hydrogen-bond acceptors (Lipinski definition) is 3. The van der Waals surface area contributed by atoms with E-state index < -0.39 is 11.7 Å². The Morgan fingerprint density at radius 3 is 2.65 bits per heavy atom. The third-order valence-corrected chi connectivity index (χ3v) is 2.96. The molecule has 2 rings (SSSR count). The number of amides is 2. The van der Waals surface area contributed by atoms with Crippen LogP contribution in [0.3, 0.4) is 0 Å². The van der Waals surface area contributed by atoms with Crippen molar-refractivity contribution in [2.24, 2.45) is 0 Å². The summed E-state index contributed by atoms with van der Waals surface area (Å²) in [5.74, 6) is -1.71. The first kappa shape index (κ1) is 11.6. The number of hydrogen-bond donors (Lipinski definition) is 0. The van der Waals surface area contributed by atoms with Crippen molar-refractivity contribution in [3.8, 4) is 5.75 Å². The second-order valence-corrected chi connectivity index (χ2v) is 3.91. The molecule has 0 bridgehead atoms. The standard InChI is InChI=1S/C12H12FNO3/c1-14-10(15)6-8(12(14)16)7-4-3-5-9(13)11(7)17-2/h3-5,8H,6H2,1-2H3. The summed E-state index contributed by atoms with van der Waals surface area (Å²) in [6.07, 6.45) is 0.0646. The maximum absolute atomic E-state index is 13.5. The lowest BCUT2D eigenvalue weighted by atomic mass is 9.96. The van der Waals surface area contributed by atoms with Crippen molar-refractivity contribution in [1.29, 1.82) is 0 Å². The normalized spacial score (nSPS) is 19.9. The summed E-state index contributed by atoms with van der Waals surface area (Å²) in [5, 5.41) is 0. The molecule has 1 aliphatic rings. The van der Waals surface area contributed by atoms with Gasteiger partial charge in [-0.2, -0.15) is 0 Å². The average Bonchev–Trinajstić information content (AvgIpc) is 2.56. The van der Waals surface area contributed by atoms with Crippen molar-refractivity contribution in [1.82, 2.24) is 4.90 Å². The predicted molar refractivity (Wildman–Crippen MR) is 58.1 cm³/mol.